The minimum atomic E-state index is -1.08. The maximum Gasteiger partial charge on any atom is 0.237 e. The van der Waals surface area contributed by atoms with E-state index in [0.717, 1.165) is 17.3 Å². The van der Waals surface area contributed by atoms with E-state index in [9.17, 15) is 14.4 Å². The highest BCUT2D eigenvalue weighted by Crippen LogP contribution is 2.50. The Morgan fingerprint density at radius 2 is 1.80 bits per heavy atom. The quantitative estimate of drug-likeness (QED) is 0.626. The third-order valence-electron chi connectivity index (χ3n) is 5.95. The van der Waals surface area contributed by atoms with Crippen molar-refractivity contribution >= 4 is 62.1 Å². The van der Waals surface area contributed by atoms with Crippen molar-refractivity contribution in [3.8, 4) is 0 Å². The summed E-state index contributed by atoms with van der Waals surface area (Å²) in [4.78, 5) is 41.2. The zero-order valence-corrected chi connectivity index (χ0v) is 18.7. The monoisotopic (exact) mass is 484 g/mol. The number of nitrogens with zero attached hydrogens (tertiary/aromatic N) is 1. The molecule has 1 aliphatic heterocycles. The Kier molecular flexibility index (Phi) is 5.84. The van der Waals surface area contributed by atoms with Crippen LogP contribution in [0.2, 0.25) is 0 Å². The predicted molar refractivity (Wildman–Crippen MR) is 123 cm³/mol. The first kappa shape index (κ1) is 20.9. The van der Waals surface area contributed by atoms with Crippen LogP contribution in [-0.4, -0.2) is 22.6 Å². The van der Waals surface area contributed by atoms with E-state index in [1.165, 1.54) is 4.90 Å². The van der Waals surface area contributed by atoms with Crippen molar-refractivity contribution in [3.05, 3.63) is 59.1 Å². The third-order valence-corrected chi connectivity index (χ3v) is 7.03. The summed E-state index contributed by atoms with van der Waals surface area (Å²) in [7, 11) is 0. The Balaban J connectivity index is 1.68. The number of nitrogens with one attached hydrogen (secondary N) is 1. The van der Waals surface area contributed by atoms with Crippen LogP contribution in [0, 0.1) is 11.3 Å². The van der Waals surface area contributed by atoms with Crippen molar-refractivity contribution in [2.45, 2.75) is 32.1 Å². The first-order chi connectivity index (χ1) is 14.4. The molecule has 154 valence electrons. The molecular formula is C23H21BrN2O3S. The SMILES string of the molecule is O=C(CC1C(=O)N(c2ccc(Br)cc2)C(=S)C12CCCCC2=O)Nc1ccccc1. The lowest BCUT2D eigenvalue weighted by Gasteiger charge is -2.35. The van der Waals surface area contributed by atoms with Crippen molar-refractivity contribution < 1.29 is 14.4 Å². The smallest absolute Gasteiger partial charge is 0.237 e. The molecule has 0 aromatic heterocycles. The Bertz CT molecular complexity index is 1010. The second-order valence-electron chi connectivity index (χ2n) is 7.73. The molecule has 2 aromatic rings. The fourth-order valence-corrected chi connectivity index (χ4v) is 5.29. The zero-order valence-electron chi connectivity index (χ0n) is 16.3. The molecule has 1 N–H and O–H groups in total. The number of para-hydroxylation sites is 1. The average molecular weight is 485 g/mol. The Hall–Kier alpha value is -2.38. The van der Waals surface area contributed by atoms with Crippen LogP contribution >= 0.6 is 28.1 Å². The highest BCUT2D eigenvalue weighted by Gasteiger charge is 2.61. The fraction of sp³-hybridized carbons (Fsp3) is 0.304. The summed E-state index contributed by atoms with van der Waals surface area (Å²) < 4.78 is 0.881. The van der Waals surface area contributed by atoms with E-state index in [-0.39, 0.29) is 24.0 Å². The standard InChI is InChI=1S/C23H21BrN2O3S/c24-15-9-11-17(12-10-15)26-21(29)18(14-20(28)25-16-6-2-1-3-7-16)23(22(26)30)13-5-4-8-19(23)27/h1-3,6-7,9-12,18H,4-5,8,13-14H2,(H,25,28). The van der Waals surface area contributed by atoms with Crippen molar-refractivity contribution in [3.63, 3.8) is 0 Å². The number of thiocarbonyl (C=S) groups is 1. The van der Waals surface area contributed by atoms with Crippen LogP contribution < -0.4 is 10.2 Å². The molecule has 2 fully saturated rings. The van der Waals surface area contributed by atoms with E-state index >= 15 is 0 Å². The number of hydrogen-bond donors (Lipinski definition) is 1. The minimum absolute atomic E-state index is 0.0239. The lowest BCUT2D eigenvalue weighted by molar-refractivity contribution is -0.136. The minimum Gasteiger partial charge on any atom is -0.326 e. The van der Waals surface area contributed by atoms with Crippen LogP contribution in [0.5, 0.6) is 0 Å². The molecule has 1 aliphatic carbocycles. The molecule has 4 rings (SSSR count). The molecule has 7 heteroatoms. The number of amides is 2. The molecule has 1 saturated heterocycles. The van der Waals surface area contributed by atoms with Crippen LogP contribution in [-0.2, 0) is 14.4 Å². The zero-order chi connectivity index (χ0) is 21.3. The molecule has 2 aromatic carbocycles. The number of benzene rings is 2. The molecule has 1 saturated carbocycles. The van der Waals surface area contributed by atoms with E-state index in [4.69, 9.17) is 12.2 Å². The number of ketones is 1. The average Bonchev–Trinajstić information content (AvgIpc) is 2.93. The van der Waals surface area contributed by atoms with Gasteiger partial charge in [0.2, 0.25) is 11.8 Å². The van der Waals surface area contributed by atoms with Gasteiger partial charge in [0.1, 0.15) is 10.8 Å². The summed E-state index contributed by atoms with van der Waals surface area (Å²) in [6.07, 6.45) is 2.42. The number of carbonyl (C=O) groups is 3. The van der Waals surface area contributed by atoms with Crippen LogP contribution in [0.4, 0.5) is 11.4 Å². The van der Waals surface area contributed by atoms with E-state index in [1.54, 1.807) is 24.3 Å². The number of carbonyl (C=O) groups excluding carboxylic acids is 3. The number of anilines is 2. The molecule has 2 aliphatic rings. The highest BCUT2D eigenvalue weighted by atomic mass is 79.9. The Morgan fingerprint density at radius 3 is 2.47 bits per heavy atom. The Labute approximate surface area is 189 Å². The first-order valence-electron chi connectivity index (χ1n) is 9.95. The van der Waals surface area contributed by atoms with E-state index in [1.807, 2.05) is 30.3 Å². The molecule has 5 nitrogen and oxygen atoms in total. The van der Waals surface area contributed by atoms with Crippen LogP contribution in [0.3, 0.4) is 0 Å². The van der Waals surface area contributed by atoms with Crippen LogP contribution in [0.1, 0.15) is 32.1 Å². The van der Waals surface area contributed by atoms with Crippen molar-refractivity contribution in [1.29, 1.82) is 0 Å². The number of rotatable bonds is 4. The van der Waals surface area contributed by atoms with Gasteiger partial charge in [-0.1, -0.05) is 52.8 Å². The van der Waals surface area contributed by atoms with Gasteiger partial charge >= 0.3 is 0 Å². The first-order valence-corrected chi connectivity index (χ1v) is 11.2. The molecule has 30 heavy (non-hydrogen) atoms. The fourth-order valence-electron chi connectivity index (χ4n) is 4.48. The number of Topliss-reactive ketones (excluding diaryl/α,β-unsaturated/α-hetero) is 1. The molecular weight excluding hydrogens is 464 g/mol. The van der Waals surface area contributed by atoms with Crippen LogP contribution in [0.15, 0.2) is 59.1 Å². The van der Waals surface area contributed by atoms with Gasteiger partial charge in [0.05, 0.1) is 11.3 Å². The maximum absolute atomic E-state index is 13.5. The predicted octanol–water partition coefficient (Wildman–Crippen LogP) is 4.90. The molecule has 0 bridgehead atoms. The normalized spacial score (nSPS) is 23.8. The van der Waals surface area contributed by atoms with Gasteiger partial charge in [-0.2, -0.15) is 0 Å². The second-order valence-corrected chi connectivity index (χ2v) is 9.03. The van der Waals surface area contributed by atoms with Gasteiger partial charge in [-0.25, -0.2) is 0 Å². The molecule has 2 atom stereocenters. The van der Waals surface area contributed by atoms with Gasteiger partial charge in [0.15, 0.2) is 0 Å². The summed E-state index contributed by atoms with van der Waals surface area (Å²) in [6, 6.07) is 16.3. The van der Waals surface area contributed by atoms with E-state index < -0.39 is 11.3 Å². The van der Waals surface area contributed by atoms with Gasteiger partial charge in [0.25, 0.3) is 0 Å². The summed E-state index contributed by atoms with van der Waals surface area (Å²) in [5.41, 5.74) is 0.201. The molecule has 0 radical (unpaired) electrons. The van der Waals surface area contributed by atoms with Gasteiger partial charge in [-0.15, -0.1) is 0 Å². The van der Waals surface area contributed by atoms with E-state index in [2.05, 4.69) is 21.2 Å². The maximum atomic E-state index is 13.5. The molecule has 2 amide bonds. The largest absolute Gasteiger partial charge is 0.326 e. The summed E-state index contributed by atoms with van der Waals surface area (Å²) in [6.45, 7) is 0. The van der Waals surface area contributed by atoms with Crippen LogP contribution in [0.25, 0.3) is 0 Å². The lowest BCUT2D eigenvalue weighted by Crippen LogP contribution is -2.45. The number of hydrogen-bond acceptors (Lipinski definition) is 4. The van der Waals surface area contributed by atoms with Gasteiger partial charge < -0.3 is 5.32 Å². The van der Waals surface area contributed by atoms with Crippen molar-refractivity contribution in [2.75, 3.05) is 10.2 Å². The van der Waals surface area contributed by atoms with Gasteiger partial charge in [-0.05, 0) is 49.2 Å². The highest BCUT2D eigenvalue weighted by molar-refractivity contribution is 9.10. The van der Waals surface area contributed by atoms with Crippen molar-refractivity contribution in [1.82, 2.24) is 0 Å². The Morgan fingerprint density at radius 1 is 1.10 bits per heavy atom. The summed E-state index contributed by atoms with van der Waals surface area (Å²) in [5.74, 6) is -1.38. The summed E-state index contributed by atoms with van der Waals surface area (Å²) in [5, 5.41) is 2.83. The number of halogens is 1. The lowest BCUT2D eigenvalue weighted by atomic mass is 9.65. The van der Waals surface area contributed by atoms with Crippen molar-refractivity contribution in [2.24, 2.45) is 11.3 Å². The molecule has 1 spiro atoms. The van der Waals surface area contributed by atoms with Gasteiger partial charge in [-0.3, -0.25) is 19.3 Å². The van der Waals surface area contributed by atoms with Gasteiger partial charge in [0, 0.05) is 28.7 Å². The second kappa shape index (κ2) is 8.40. The topological polar surface area (TPSA) is 66.5 Å². The third kappa shape index (κ3) is 3.61. The summed E-state index contributed by atoms with van der Waals surface area (Å²) >= 11 is 9.14. The van der Waals surface area contributed by atoms with E-state index in [0.29, 0.717) is 29.2 Å². The molecule has 2 unspecified atom stereocenters. The molecule has 1 heterocycles.